The fraction of sp³-hybridized carbons (Fsp3) is 0.333. The van der Waals surface area contributed by atoms with Crippen LogP contribution < -0.4 is 5.32 Å². The van der Waals surface area contributed by atoms with Crippen LogP contribution in [0.4, 0.5) is 5.00 Å². The molecule has 0 aliphatic carbocycles. The highest BCUT2D eigenvalue weighted by molar-refractivity contribution is 7.16. The summed E-state index contributed by atoms with van der Waals surface area (Å²) in [4.78, 5) is 13.7. The van der Waals surface area contributed by atoms with E-state index in [1.807, 2.05) is 20.8 Å². The molecule has 2 rings (SSSR count). The third-order valence-electron chi connectivity index (χ3n) is 2.82. The third-order valence-corrected chi connectivity index (χ3v) is 4.71. The molecule has 1 amide bonds. The van der Waals surface area contributed by atoms with Crippen LogP contribution in [0.3, 0.4) is 0 Å². The lowest BCUT2D eigenvalue weighted by atomic mass is 10.2. The van der Waals surface area contributed by atoms with Crippen molar-refractivity contribution in [3.05, 3.63) is 26.6 Å². The Kier molecular flexibility index (Phi) is 3.93. The molecule has 19 heavy (non-hydrogen) atoms. The molecule has 0 aliphatic heterocycles. The topological polar surface area (TPSA) is 78.7 Å². The van der Waals surface area contributed by atoms with E-state index in [2.05, 4.69) is 21.0 Å². The number of nitrogens with one attached hydrogen (secondary N) is 1. The fourth-order valence-corrected chi connectivity index (χ4v) is 3.27. The Bertz CT molecular complexity index is 666. The average molecular weight is 292 g/mol. The molecule has 0 fully saturated rings. The molecule has 98 valence electrons. The van der Waals surface area contributed by atoms with Gasteiger partial charge in [0.2, 0.25) is 0 Å². The molecule has 0 unspecified atom stereocenters. The van der Waals surface area contributed by atoms with E-state index in [1.165, 1.54) is 11.3 Å². The van der Waals surface area contributed by atoms with Gasteiger partial charge < -0.3 is 5.32 Å². The van der Waals surface area contributed by atoms with Crippen molar-refractivity contribution in [3.63, 3.8) is 0 Å². The Morgan fingerprint density at radius 1 is 1.47 bits per heavy atom. The second kappa shape index (κ2) is 5.47. The number of amides is 1. The van der Waals surface area contributed by atoms with Crippen molar-refractivity contribution in [2.75, 3.05) is 5.32 Å². The summed E-state index contributed by atoms with van der Waals surface area (Å²) in [6.45, 7) is 5.74. The SMILES string of the molecule is CCc1nnsc1C(=O)Nc1sc(C)c(C)c1C#N. The van der Waals surface area contributed by atoms with Gasteiger partial charge in [-0.1, -0.05) is 11.4 Å². The second-order valence-electron chi connectivity index (χ2n) is 3.96. The van der Waals surface area contributed by atoms with E-state index in [9.17, 15) is 4.79 Å². The monoisotopic (exact) mass is 292 g/mol. The maximum absolute atomic E-state index is 12.2. The van der Waals surface area contributed by atoms with Crippen molar-refractivity contribution in [2.45, 2.75) is 27.2 Å². The predicted octanol–water partition coefficient (Wildman–Crippen LogP) is 2.90. The normalized spacial score (nSPS) is 10.2. The minimum Gasteiger partial charge on any atom is -0.312 e. The van der Waals surface area contributed by atoms with Gasteiger partial charge in [0.25, 0.3) is 5.91 Å². The van der Waals surface area contributed by atoms with Crippen LogP contribution in [0.1, 0.15) is 38.3 Å². The Balaban J connectivity index is 2.30. The Morgan fingerprint density at radius 3 is 2.84 bits per heavy atom. The van der Waals surface area contributed by atoms with Gasteiger partial charge in [-0.3, -0.25) is 4.79 Å². The largest absolute Gasteiger partial charge is 0.312 e. The standard InChI is InChI=1S/C12H12N4OS2/c1-4-9-10(19-16-15-9)11(17)14-12-8(5-13)6(2)7(3)18-12/h4H2,1-3H3,(H,14,17). The molecule has 0 bridgehead atoms. The summed E-state index contributed by atoms with van der Waals surface area (Å²) in [5, 5.41) is 16.4. The number of aromatic nitrogens is 2. The first-order valence-corrected chi connectivity index (χ1v) is 7.30. The minimum atomic E-state index is -0.246. The van der Waals surface area contributed by atoms with Crippen molar-refractivity contribution in [2.24, 2.45) is 0 Å². The number of carbonyl (C=O) groups is 1. The van der Waals surface area contributed by atoms with Crippen LogP contribution in [0.25, 0.3) is 0 Å². The highest BCUT2D eigenvalue weighted by atomic mass is 32.1. The van der Waals surface area contributed by atoms with E-state index in [0.717, 1.165) is 22.0 Å². The predicted molar refractivity (Wildman–Crippen MR) is 75.7 cm³/mol. The van der Waals surface area contributed by atoms with Gasteiger partial charge in [-0.2, -0.15) is 5.26 Å². The Labute approximate surface area is 119 Å². The van der Waals surface area contributed by atoms with E-state index in [-0.39, 0.29) is 5.91 Å². The molecule has 7 heteroatoms. The maximum atomic E-state index is 12.2. The van der Waals surface area contributed by atoms with Crippen LogP contribution >= 0.6 is 22.9 Å². The molecule has 0 spiro atoms. The van der Waals surface area contributed by atoms with E-state index in [0.29, 0.717) is 27.6 Å². The van der Waals surface area contributed by atoms with Crippen molar-refractivity contribution in [1.82, 2.24) is 9.59 Å². The van der Waals surface area contributed by atoms with E-state index >= 15 is 0 Å². The number of hydrogen-bond acceptors (Lipinski definition) is 6. The van der Waals surface area contributed by atoms with Gasteiger partial charge in [-0.05, 0) is 37.4 Å². The first-order valence-electron chi connectivity index (χ1n) is 5.71. The molecule has 0 saturated heterocycles. The average Bonchev–Trinajstić information content (AvgIpc) is 2.95. The van der Waals surface area contributed by atoms with Gasteiger partial charge in [0.05, 0.1) is 11.3 Å². The van der Waals surface area contributed by atoms with E-state index < -0.39 is 0 Å². The van der Waals surface area contributed by atoms with Crippen LogP contribution in [-0.2, 0) is 6.42 Å². The number of anilines is 1. The molecule has 0 aliphatic rings. The van der Waals surface area contributed by atoms with Gasteiger partial charge in [-0.25, -0.2) is 0 Å². The lowest BCUT2D eigenvalue weighted by Gasteiger charge is -2.01. The third kappa shape index (κ3) is 2.50. The molecular weight excluding hydrogens is 280 g/mol. The summed E-state index contributed by atoms with van der Waals surface area (Å²) in [6, 6.07) is 2.13. The number of carbonyl (C=O) groups excluding carboxylic acids is 1. The zero-order chi connectivity index (χ0) is 14.0. The van der Waals surface area contributed by atoms with Crippen molar-refractivity contribution < 1.29 is 4.79 Å². The molecule has 2 aromatic heterocycles. The van der Waals surface area contributed by atoms with Gasteiger partial charge in [0, 0.05) is 4.88 Å². The lowest BCUT2D eigenvalue weighted by Crippen LogP contribution is -2.12. The number of rotatable bonds is 3. The number of nitriles is 1. The molecule has 5 nitrogen and oxygen atoms in total. The highest BCUT2D eigenvalue weighted by Crippen LogP contribution is 2.32. The molecule has 2 heterocycles. The summed E-state index contributed by atoms with van der Waals surface area (Å²) in [6.07, 6.45) is 0.660. The quantitative estimate of drug-likeness (QED) is 0.943. The number of hydrogen-bond donors (Lipinski definition) is 1. The van der Waals surface area contributed by atoms with Crippen molar-refractivity contribution in [1.29, 1.82) is 5.26 Å². The zero-order valence-corrected chi connectivity index (χ0v) is 12.4. The number of aryl methyl sites for hydroxylation is 2. The Hall–Kier alpha value is -1.78. The number of nitrogens with zero attached hydrogens (tertiary/aromatic N) is 3. The van der Waals surface area contributed by atoms with E-state index in [1.54, 1.807) is 0 Å². The molecule has 1 N–H and O–H groups in total. The van der Waals surface area contributed by atoms with Crippen LogP contribution in [-0.4, -0.2) is 15.5 Å². The molecule has 2 aromatic rings. The van der Waals surface area contributed by atoms with Crippen LogP contribution in [0.2, 0.25) is 0 Å². The summed E-state index contributed by atoms with van der Waals surface area (Å²) in [7, 11) is 0. The fourth-order valence-electron chi connectivity index (χ4n) is 1.62. The van der Waals surface area contributed by atoms with Gasteiger partial charge >= 0.3 is 0 Å². The molecule has 0 saturated carbocycles. The van der Waals surface area contributed by atoms with Crippen LogP contribution in [0.5, 0.6) is 0 Å². The first kappa shape index (κ1) is 13.6. The first-order chi connectivity index (χ1) is 9.08. The second-order valence-corrected chi connectivity index (χ2v) is 5.93. The van der Waals surface area contributed by atoms with Crippen molar-refractivity contribution >= 4 is 33.8 Å². The van der Waals surface area contributed by atoms with Gasteiger partial charge in [0.1, 0.15) is 15.9 Å². The van der Waals surface area contributed by atoms with Gasteiger partial charge in [-0.15, -0.1) is 16.4 Å². The molecule has 0 atom stereocenters. The summed E-state index contributed by atoms with van der Waals surface area (Å²) in [5.74, 6) is -0.246. The van der Waals surface area contributed by atoms with Gasteiger partial charge in [0.15, 0.2) is 0 Å². The van der Waals surface area contributed by atoms with E-state index in [4.69, 9.17) is 5.26 Å². The molecule has 0 radical (unpaired) electrons. The summed E-state index contributed by atoms with van der Waals surface area (Å²) < 4.78 is 3.79. The smallest absolute Gasteiger partial charge is 0.269 e. The molecular formula is C12H12N4OS2. The van der Waals surface area contributed by atoms with Crippen LogP contribution in [0.15, 0.2) is 0 Å². The zero-order valence-electron chi connectivity index (χ0n) is 10.8. The maximum Gasteiger partial charge on any atom is 0.269 e. The molecule has 0 aromatic carbocycles. The van der Waals surface area contributed by atoms with Crippen LogP contribution in [0, 0.1) is 25.2 Å². The highest BCUT2D eigenvalue weighted by Gasteiger charge is 2.19. The Morgan fingerprint density at radius 2 is 2.21 bits per heavy atom. The van der Waals surface area contributed by atoms with Crippen molar-refractivity contribution in [3.8, 4) is 6.07 Å². The number of thiophene rings is 1. The summed E-state index contributed by atoms with van der Waals surface area (Å²) >= 11 is 2.49. The minimum absolute atomic E-state index is 0.246. The summed E-state index contributed by atoms with van der Waals surface area (Å²) in [5.41, 5.74) is 2.14. The lowest BCUT2D eigenvalue weighted by molar-refractivity contribution is 0.103.